The first-order chi connectivity index (χ1) is 20.8. The highest BCUT2D eigenvalue weighted by Gasteiger charge is 2.59. The number of hydrogen-bond acceptors (Lipinski definition) is 6. The van der Waals surface area contributed by atoms with Gasteiger partial charge in [-0.25, -0.2) is 9.78 Å². The van der Waals surface area contributed by atoms with Crippen LogP contribution in [0.3, 0.4) is 0 Å². The minimum absolute atomic E-state index is 0.128. The number of allylic oxidation sites excluding steroid dienone is 2. The second-order valence-corrected chi connectivity index (χ2v) is 12.2. The second kappa shape index (κ2) is 10.7. The lowest BCUT2D eigenvalue weighted by molar-refractivity contribution is -0.123. The Balaban J connectivity index is 1.21. The van der Waals surface area contributed by atoms with E-state index in [1.54, 1.807) is 42.5 Å². The lowest BCUT2D eigenvalue weighted by atomic mass is 9.85. The van der Waals surface area contributed by atoms with Gasteiger partial charge in [-0.2, -0.15) is 0 Å². The van der Waals surface area contributed by atoms with E-state index in [-0.39, 0.29) is 47.9 Å². The first-order valence-corrected chi connectivity index (χ1v) is 15.2. The Hall–Kier alpha value is -4.43. The smallest absolute Gasteiger partial charge is 0.339 e. The van der Waals surface area contributed by atoms with Crippen LogP contribution in [0.25, 0.3) is 22.2 Å². The third-order valence-electron chi connectivity index (χ3n) is 8.88. The van der Waals surface area contributed by atoms with Gasteiger partial charge in [-0.05, 0) is 60.6 Å². The van der Waals surface area contributed by atoms with E-state index in [0.29, 0.717) is 45.4 Å². The number of aromatic nitrogens is 1. The zero-order valence-corrected chi connectivity index (χ0v) is 24.9. The molecule has 0 spiro atoms. The molecule has 8 heteroatoms. The van der Waals surface area contributed by atoms with Crippen molar-refractivity contribution in [3.63, 3.8) is 0 Å². The lowest BCUT2D eigenvalue weighted by Crippen LogP contribution is -2.32. The predicted molar refractivity (Wildman–Crippen MR) is 166 cm³/mol. The number of carbonyl (C=O) groups excluding carboxylic acids is 4. The van der Waals surface area contributed by atoms with Crippen LogP contribution >= 0.6 is 15.9 Å². The fraction of sp³-hybridized carbons (Fsp3) is 0.229. The van der Waals surface area contributed by atoms with Gasteiger partial charge in [0.1, 0.15) is 0 Å². The Morgan fingerprint density at radius 1 is 0.930 bits per heavy atom. The molecule has 2 amide bonds. The topological polar surface area (TPSA) is 93.6 Å². The fourth-order valence-electron chi connectivity index (χ4n) is 6.80. The van der Waals surface area contributed by atoms with Gasteiger partial charge in [0.25, 0.3) is 0 Å². The number of Topliss-reactive ketones (excluding diaryl/α,β-unsaturated/α-hetero) is 1. The number of benzene rings is 3. The van der Waals surface area contributed by atoms with Gasteiger partial charge in [0, 0.05) is 21.0 Å². The van der Waals surface area contributed by atoms with Crippen LogP contribution in [0.1, 0.15) is 39.6 Å². The van der Waals surface area contributed by atoms with E-state index in [0.717, 1.165) is 16.5 Å². The maximum absolute atomic E-state index is 13.4. The van der Waals surface area contributed by atoms with E-state index in [9.17, 15) is 19.2 Å². The van der Waals surface area contributed by atoms with Crippen LogP contribution in [0, 0.1) is 23.7 Å². The summed E-state index contributed by atoms with van der Waals surface area (Å²) in [5.74, 6) is -1.42. The molecule has 1 aromatic heterocycles. The Morgan fingerprint density at radius 3 is 2.26 bits per heavy atom. The number of aryl methyl sites for hydroxylation is 1. The molecule has 214 valence electrons. The number of anilines is 1. The summed E-state index contributed by atoms with van der Waals surface area (Å²) in [5, 5.41) is 0.617. The Labute approximate surface area is 256 Å². The van der Waals surface area contributed by atoms with E-state index in [2.05, 4.69) is 28.1 Å². The second-order valence-electron chi connectivity index (χ2n) is 11.3. The molecule has 2 heterocycles. The summed E-state index contributed by atoms with van der Waals surface area (Å²) >= 11 is 3.54. The summed E-state index contributed by atoms with van der Waals surface area (Å²) in [4.78, 5) is 58.9. The monoisotopic (exact) mass is 634 g/mol. The molecule has 3 aliphatic rings. The first kappa shape index (κ1) is 27.4. The molecule has 2 bridgehead atoms. The van der Waals surface area contributed by atoms with Gasteiger partial charge in [-0.15, -0.1) is 0 Å². The molecule has 4 unspecified atom stereocenters. The Kier molecular flexibility index (Phi) is 6.81. The van der Waals surface area contributed by atoms with Crippen LogP contribution in [0.5, 0.6) is 0 Å². The van der Waals surface area contributed by atoms with E-state index in [1.807, 2.05) is 37.3 Å². The summed E-state index contributed by atoms with van der Waals surface area (Å²) in [6, 6.07) is 21.3. The van der Waals surface area contributed by atoms with E-state index in [4.69, 9.17) is 9.72 Å². The summed E-state index contributed by atoms with van der Waals surface area (Å²) in [7, 11) is 0. The van der Waals surface area contributed by atoms with Gasteiger partial charge >= 0.3 is 5.97 Å². The summed E-state index contributed by atoms with van der Waals surface area (Å²) in [5.41, 5.74) is 4.15. The average Bonchev–Trinajstić information content (AvgIpc) is 3.72. The standard InChI is InChI=1S/C35H27BrN2O5/c1-2-19-15-24(36)16-26-27(35(42)43-18-29(39)21-6-4-3-5-7-21)17-28(37-32(19)26)20-10-12-25(13-11-20)38-33(40)30-22-8-9-23(14-22)31(30)34(38)41/h3-13,15-17,22-23,30-31H,2,14,18H2,1H3. The quantitative estimate of drug-likeness (QED) is 0.0987. The number of imide groups is 1. The maximum Gasteiger partial charge on any atom is 0.339 e. The molecule has 4 atom stereocenters. The van der Waals surface area contributed by atoms with Crippen LogP contribution in [0.4, 0.5) is 5.69 Å². The molecule has 1 saturated heterocycles. The third-order valence-corrected chi connectivity index (χ3v) is 9.34. The Bertz CT molecular complexity index is 1820. The number of ether oxygens (including phenoxy) is 1. The van der Waals surface area contributed by atoms with Crippen molar-refractivity contribution in [3.8, 4) is 11.3 Å². The van der Waals surface area contributed by atoms with Crippen LogP contribution < -0.4 is 4.90 Å². The van der Waals surface area contributed by atoms with Crippen molar-refractivity contribution in [1.29, 1.82) is 0 Å². The molecule has 3 aromatic carbocycles. The van der Waals surface area contributed by atoms with Gasteiger partial charge in [0.2, 0.25) is 11.8 Å². The third kappa shape index (κ3) is 4.61. The number of amides is 2. The summed E-state index contributed by atoms with van der Waals surface area (Å²) in [6.45, 7) is 1.63. The molecule has 43 heavy (non-hydrogen) atoms. The molecule has 2 aliphatic carbocycles. The molecule has 4 aromatic rings. The molecule has 7 rings (SSSR count). The number of fused-ring (bicyclic) bond motifs is 6. The number of nitrogens with zero attached hydrogens (tertiary/aromatic N) is 2. The minimum Gasteiger partial charge on any atom is -0.454 e. The highest BCUT2D eigenvalue weighted by Crippen LogP contribution is 2.53. The zero-order chi connectivity index (χ0) is 29.8. The van der Waals surface area contributed by atoms with E-state index in [1.165, 1.54) is 4.90 Å². The molecular weight excluding hydrogens is 608 g/mol. The number of hydrogen-bond donors (Lipinski definition) is 0. The van der Waals surface area contributed by atoms with Crippen molar-refractivity contribution in [2.24, 2.45) is 23.7 Å². The summed E-state index contributed by atoms with van der Waals surface area (Å²) < 4.78 is 6.31. The molecule has 0 radical (unpaired) electrons. The van der Waals surface area contributed by atoms with Gasteiger partial charge in [0.15, 0.2) is 12.4 Å². The van der Waals surface area contributed by atoms with E-state index >= 15 is 0 Å². The SMILES string of the molecule is CCc1cc(Br)cc2c(C(=O)OCC(=O)c3ccccc3)cc(-c3ccc(N4C(=O)C5C6C=CC(C6)C5C4=O)cc3)nc12. The number of halogens is 1. The largest absolute Gasteiger partial charge is 0.454 e. The molecule has 1 aliphatic heterocycles. The predicted octanol–water partition coefficient (Wildman–Crippen LogP) is 6.58. The van der Waals surface area contributed by atoms with Gasteiger partial charge in [-0.3, -0.25) is 19.3 Å². The molecule has 2 fully saturated rings. The first-order valence-electron chi connectivity index (χ1n) is 14.4. The number of carbonyl (C=O) groups is 4. The van der Waals surface area contributed by atoms with Crippen LogP contribution in [-0.4, -0.2) is 35.2 Å². The number of ketones is 1. The molecular formula is C35H27BrN2O5. The van der Waals surface area contributed by atoms with Crippen molar-refractivity contribution in [3.05, 3.63) is 106 Å². The summed E-state index contributed by atoms with van der Waals surface area (Å²) in [6.07, 6.45) is 5.73. The van der Waals surface area contributed by atoms with Crippen LogP contribution in [0.2, 0.25) is 0 Å². The van der Waals surface area contributed by atoms with E-state index < -0.39 is 5.97 Å². The normalized spacial score (nSPS) is 22.0. The van der Waals surface area contributed by atoms with Gasteiger partial charge in [0.05, 0.1) is 34.3 Å². The van der Waals surface area contributed by atoms with Crippen molar-refractivity contribution in [1.82, 2.24) is 4.98 Å². The maximum atomic E-state index is 13.4. The van der Waals surface area contributed by atoms with Crippen LogP contribution in [-0.2, 0) is 20.7 Å². The minimum atomic E-state index is -0.627. The van der Waals surface area contributed by atoms with Crippen LogP contribution in [0.15, 0.2) is 89.4 Å². The van der Waals surface area contributed by atoms with Crippen molar-refractivity contribution in [2.75, 3.05) is 11.5 Å². The highest BCUT2D eigenvalue weighted by molar-refractivity contribution is 9.10. The highest BCUT2D eigenvalue weighted by atomic mass is 79.9. The Morgan fingerprint density at radius 2 is 1.60 bits per heavy atom. The van der Waals surface area contributed by atoms with Gasteiger partial charge in [-0.1, -0.05) is 77.5 Å². The fourth-order valence-corrected chi connectivity index (χ4v) is 7.31. The number of rotatable bonds is 7. The molecule has 7 nitrogen and oxygen atoms in total. The lowest BCUT2D eigenvalue weighted by Gasteiger charge is -2.18. The van der Waals surface area contributed by atoms with Gasteiger partial charge < -0.3 is 4.74 Å². The van der Waals surface area contributed by atoms with Crippen molar-refractivity contribution < 1.29 is 23.9 Å². The molecule has 0 N–H and O–H groups in total. The zero-order valence-electron chi connectivity index (χ0n) is 23.3. The molecule has 1 saturated carbocycles. The number of esters is 1. The number of pyridine rings is 1. The van der Waals surface area contributed by atoms with Crippen molar-refractivity contribution in [2.45, 2.75) is 19.8 Å². The van der Waals surface area contributed by atoms with Crippen molar-refractivity contribution >= 4 is 56.1 Å². The average molecular weight is 636 g/mol.